The van der Waals surface area contributed by atoms with Crippen LogP contribution in [0.25, 0.3) is 0 Å². The highest BCUT2D eigenvalue weighted by Crippen LogP contribution is 2.21. The predicted octanol–water partition coefficient (Wildman–Crippen LogP) is 2.38. The molecule has 0 saturated carbocycles. The lowest BCUT2D eigenvalue weighted by Gasteiger charge is -2.32. The van der Waals surface area contributed by atoms with E-state index < -0.39 is 5.60 Å². The number of carbonyl (C=O) groups is 2. The van der Waals surface area contributed by atoms with Gasteiger partial charge in [0.15, 0.2) is 0 Å². The number of esters is 1. The Morgan fingerprint density at radius 1 is 1.24 bits per heavy atom. The van der Waals surface area contributed by atoms with E-state index in [0.29, 0.717) is 25.9 Å². The number of amides is 1. The Hall–Kier alpha value is -1.10. The second-order valence-corrected chi connectivity index (χ2v) is 6.72. The first kappa shape index (κ1) is 18.0. The average molecular weight is 299 g/mol. The van der Waals surface area contributed by atoms with Crippen molar-refractivity contribution >= 4 is 11.9 Å². The number of rotatable bonds is 5. The van der Waals surface area contributed by atoms with Gasteiger partial charge in [0.1, 0.15) is 12.2 Å². The predicted molar refractivity (Wildman–Crippen MR) is 80.9 cm³/mol. The van der Waals surface area contributed by atoms with Gasteiger partial charge in [-0.05, 0) is 47.0 Å². The van der Waals surface area contributed by atoms with Crippen LogP contribution in [0.3, 0.4) is 0 Å². The second kappa shape index (κ2) is 7.78. The van der Waals surface area contributed by atoms with E-state index in [2.05, 4.69) is 0 Å². The van der Waals surface area contributed by atoms with Crippen molar-refractivity contribution in [3.63, 3.8) is 0 Å². The van der Waals surface area contributed by atoms with Gasteiger partial charge in [0.2, 0.25) is 5.91 Å². The van der Waals surface area contributed by atoms with Crippen LogP contribution in [0.2, 0.25) is 0 Å². The van der Waals surface area contributed by atoms with Gasteiger partial charge in [0.25, 0.3) is 0 Å². The first-order valence-corrected chi connectivity index (χ1v) is 7.85. The fourth-order valence-corrected chi connectivity index (χ4v) is 2.17. The summed E-state index contributed by atoms with van der Waals surface area (Å²) in [5.41, 5.74) is -0.450. The van der Waals surface area contributed by atoms with E-state index in [9.17, 15) is 9.59 Å². The minimum atomic E-state index is -0.450. The molecule has 1 aliphatic rings. The molecule has 21 heavy (non-hydrogen) atoms. The van der Waals surface area contributed by atoms with Crippen molar-refractivity contribution in [1.82, 2.24) is 4.90 Å². The smallest absolute Gasteiger partial charge is 0.309 e. The highest BCUT2D eigenvalue weighted by molar-refractivity contribution is 5.78. The Morgan fingerprint density at radius 2 is 1.81 bits per heavy atom. The topological polar surface area (TPSA) is 55.8 Å². The maximum atomic E-state index is 12.0. The first-order valence-electron chi connectivity index (χ1n) is 7.85. The minimum absolute atomic E-state index is 0.0120. The van der Waals surface area contributed by atoms with Crippen molar-refractivity contribution in [3.05, 3.63) is 0 Å². The molecule has 0 bridgehead atoms. The molecule has 1 aliphatic heterocycles. The maximum absolute atomic E-state index is 12.0. The Labute approximate surface area is 128 Å². The van der Waals surface area contributed by atoms with E-state index >= 15 is 0 Å². The van der Waals surface area contributed by atoms with Crippen LogP contribution in [-0.4, -0.2) is 48.2 Å². The molecular weight excluding hydrogens is 270 g/mol. The molecule has 5 nitrogen and oxygen atoms in total. The molecule has 1 unspecified atom stereocenters. The summed E-state index contributed by atoms with van der Waals surface area (Å²) in [6.45, 7) is 10.9. The lowest BCUT2D eigenvalue weighted by atomic mass is 9.96. The molecular formula is C16H29NO4. The van der Waals surface area contributed by atoms with Crippen LogP contribution in [0, 0.1) is 5.92 Å². The summed E-state index contributed by atoms with van der Waals surface area (Å²) in [5, 5.41) is 0. The average Bonchev–Trinajstić information content (AvgIpc) is 2.42. The van der Waals surface area contributed by atoms with Crippen LogP contribution >= 0.6 is 0 Å². The van der Waals surface area contributed by atoms with Crippen molar-refractivity contribution < 1.29 is 19.1 Å². The molecule has 1 heterocycles. The van der Waals surface area contributed by atoms with E-state index in [1.54, 1.807) is 4.90 Å². The van der Waals surface area contributed by atoms with Crippen LogP contribution in [-0.2, 0) is 19.1 Å². The summed E-state index contributed by atoms with van der Waals surface area (Å²) in [7, 11) is 0. The molecule has 0 radical (unpaired) electrons. The lowest BCUT2D eigenvalue weighted by molar-refractivity contribution is -0.162. The van der Waals surface area contributed by atoms with E-state index in [-0.39, 0.29) is 30.5 Å². The highest BCUT2D eigenvalue weighted by Gasteiger charge is 2.30. The lowest BCUT2D eigenvalue weighted by Crippen LogP contribution is -2.43. The normalized spacial score (nSPS) is 18.4. The number of hydrogen-bond acceptors (Lipinski definition) is 4. The fourth-order valence-electron chi connectivity index (χ4n) is 2.17. The molecule has 5 heteroatoms. The number of likely N-dealkylation sites (tertiary alicyclic amines) is 1. The van der Waals surface area contributed by atoms with Gasteiger partial charge in [0, 0.05) is 13.1 Å². The zero-order valence-electron chi connectivity index (χ0n) is 14.0. The zero-order chi connectivity index (χ0) is 16.0. The van der Waals surface area contributed by atoms with Crippen LogP contribution in [0.4, 0.5) is 0 Å². The van der Waals surface area contributed by atoms with E-state index in [4.69, 9.17) is 9.47 Å². The number of piperidine rings is 1. The summed E-state index contributed by atoms with van der Waals surface area (Å²) >= 11 is 0. The van der Waals surface area contributed by atoms with Crippen LogP contribution in [0.15, 0.2) is 0 Å². The molecule has 1 atom stereocenters. The zero-order valence-corrected chi connectivity index (χ0v) is 14.0. The molecule has 1 amide bonds. The third-order valence-electron chi connectivity index (χ3n) is 3.65. The van der Waals surface area contributed by atoms with Gasteiger partial charge in [-0.15, -0.1) is 0 Å². The van der Waals surface area contributed by atoms with Crippen molar-refractivity contribution in [1.29, 1.82) is 0 Å². The molecule has 1 fully saturated rings. The van der Waals surface area contributed by atoms with Gasteiger partial charge in [-0.1, -0.05) is 6.92 Å². The summed E-state index contributed by atoms with van der Waals surface area (Å²) in [4.78, 5) is 25.8. The molecule has 0 spiro atoms. The number of carbonyl (C=O) groups excluding carboxylic acids is 2. The van der Waals surface area contributed by atoms with Gasteiger partial charge < -0.3 is 14.4 Å². The van der Waals surface area contributed by atoms with E-state index in [0.717, 1.165) is 6.42 Å². The molecule has 0 aromatic rings. The first-order chi connectivity index (χ1) is 9.73. The summed E-state index contributed by atoms with van der Waals surface area (Å²) in [6.07, 6.45) is 2.34. The molecule has 1 saturated heterocycles. The quantitative estimate of drug-likeness (QED) is 0.731. The third-order valence-corrected chi connectivity index (χ3v) is 3.65. The van der Waals surface area contributed by atoms with Crippen LogP contribution in [0.5, 0.6) is 0 Å². The summed E-state index contributed by atoms with van der Waals surface area (Å²) in [6, 6.07) is 0. The summed E-state index contributed by atoms with van der Waals surface area (Å²) in [5.74, 6) is -0.229. The Balaban J connectivity index is 2.34. The molecule has 0 aromatic heterocycles. The Morgan fingerprint density at radius 3 is 2.29 bits per heavy atom. The molecule has 0 N–H and O–H groups in total. The Bertz CT molecular complexity index is 354. The number of ether oxygens (including phenoxy) is 2. The van der Waals surface area contributed by atoms with Crippen LogP contribution < -0.4 is 0 Å². The highest BCUT2D eigenvalue weighted by atomic mass is 16.6. The number of hydrogen-bond donors (Lipinski definition) is 0. The van der Waals surface area contributed by atoms with Crippen molar-refractivity contribution in [3.8, 4) is 0 Å². The number of nitrogens with zero attached hydrogens (tertiary/aromatic N) is 1. The molecule has 122 valence electrons. The van der Waals surface area contributed by atoms with Crippen molar-refractivity contribution in [2.45, 2.75) is 65.6 Å². The molecule has 0 aliphatic carbocycles. The van der Waals surface area contributed by atoms with Crippen LogP contribution in [0.1, 0.15) is 53.9 Å². The molecule has 0 aromatic carbocycles. The minimum Gasteiger partial charge on any atom is -0.460 e. The van der Waals surface area contributed by atoms with Crippen molar-refractivity contribution in [2.24, 2.45) is 5.92 Å². The van der Waals surface area contributed by atoms with Gasteiger partial charge in [-0.2, -0.15) is 0 Å². The van der Waals surface area contributed by atoms with E-state index in [1.807, 2.05) is 34.6 Å². The van der Waals surface area contributed by atoms with Gasteiger partial charge in [-0.25, -0.2) is 0 Å². The second-order valence-electron chi connectivity index (χ2n) is 6.72. The largest absolute Gasteiger partial charge is 0.460 e. The Kier molecular flexibility index (Phi) is 6.65. The van der Waals surface area contributed by atoms with E-state index in [1.165, 1.54) is 0 Å². The van der Waals surface area contributed by atoms with Gasteiger partial charge >= 0.3 is 5.97 Å². The maximum Gasteiger partial charge on any atom is 0.309 e. The third kappa shape index (κ3) is 6.46. The van der Waals surface area contributed by atoms with Gasteiger partial charge in [0.05, 0.1) is 12.0 Å². The van der Waals surface area contributed by atoms with Crippen molar-refractivity contribution in [2.75, 3.05) is 19.7 Å². The summed E-state index contributed by atoms with van der Waals surface area (Å²) < 4.78 is 10.9. The van der Waals surface area contributed by atoms with Gasteiger partial charge in [-0.3, -0.25) is 9.59 Å². The molecule has 1 rings (SSSR count). The SMILES string of the molecule is CCC(C)OCC(=O)N1CCC(C(=O)OC(C)(C)C)CC1. The monoisotopic (exact) mass is 299 g/mol. The fraction of sp³-hybridized carbons (Fsp3) is 0.875. The standard InChI is InChI=1S/C16H29NO4/c1-6-12(2)20-11-14(18)17-9-7-13(8-10-17)15(19)21-16(3,4)5/h12-13H,6-11H2,1-5H3.